The smallest absolute Gasteiger partial charge is 0.311 e. The molecule has 0 spiro atoms. The molecule has 7 heteroatoms. The Morgan fingerprint density at radius 2 is 2.07 bits per heavy atom. The maximum absolute atomic E-state index is 12.5. The summed E-state index contributed by atoms with van der Waals surface area (Å²) < 4.78 is 12.6. The van der Waals surface area contributed by atoms with Crippen molar-refractivity contribution in [1.82, 2.24) is 9.47 Å². The predicted octanol–water partition coefficient (Wildman–Crippen LogP) is 3.05. The molecule has 1 aliphatic heterocycles. The number of hydrogen-bond donors (Lipinski definition) is 0. The highest BCUT2D eigenvalue weighted by atomic mass is 16.5. The first-order valence-corrected chi connectivity index (χ1v) is 9.46. The van der Waals surface area contributed by atoms with E-state index in [9.17, 15) is 14.4 Å². The molecule has 1 amide bonds. The summed E-state index contributed by atoms with van der Waals surface area (Å²) in [6.07, 6.45) is 1.64. The number of hydrogen-bond acceptors (Lipinski definition) is 5. The van der Waals surface area contributed by atoms with Crippen molar-refractivity contribution in [2.24, 2.45) is 5.92 Å². The fourth-order valence-electron chi connectivity index (χ4n) is 3.86. The zero-order valence-corrected chi connectivity index (χ0v) is 16.7. The van der Waals surface area contributed by atoms with E-state index in [1.807, 2.05) is 19.9 Å². The van der Waals surface area contributed by atoms with Crippen LogP contribution in [0.2, 0.25) is 0 Å². The van der Waals surface area contributed by atoms with E-state index in [0.717, 1.165) is 11.4 Å². The molecule has 3 heterocycles. The molecule has 1 atom stereocenters. The monoisotopic (exact) mass is 386 g/mol. The van der Waals surface area contributed by atoms with Gasteiger partial charge in [-0.15, -0.1) is 0 Å². The van der Waals surface area contributed by atoms with Gasteiger partial charge in [0.25, 0.3) is 0 Å². The zero-order valence-electron chi connectivity index (χ0n) is 16.7. The van der Waals surface area contributed by atoms with Crippen LogP contribution in [0.15, 0.2) is 28.9 Å². The molecule has 0 aliphatic carbocycles. The molecule has 150 valence electrons. The van der Waals surface area contributed by atoms with Crippen molar-refractivity contribution in [2.45, 2.75) is 46.7 Å². The summed E-state index contributed by atoms with van der Waals surface area (Å²) in [5.74, 6) is -0.756. The summed E-state index contributed by atoms with van der Waals surface area (Å²) in [4.78, 5) is 38.6. The molecule has 0 saturated carbocycles. The molecule has 0 N–H and O–H groups in total. The normalized spacial score (nSPS) is 16.8. The van der Waals surface area contributed by atoms with Crippen LogP contribution in [0.25, 0.3) is 0 Å². The van der Waals surface area contributed by atoms with Crippen LogP contribution in [0.3, 0.4) is 0 Å². The summed E-state index contributed by atoms with van der Waals surface area (Å²) in [5, 5.41) is 0. The van der Waals surface area contributed by atoms with Gasteiger partial charge in [0.1, 0.15) is 5.76 Å². The predicted molar refractivity (Wildman–Crippen MR) is 102 cm³/mol. The maximum atomic E-state index is 12.5. The molecule has 2 aromatic heterocycles. The molecule has 2 aromatic rings. The van der Waals surface area contributed by atoms with E-state index < -0.39 is 11.9 Å². The lowest BCUT2D eigenvalue weighted by Gasteiger charge is -2.15. The second kappa shape index (κ2) is 8.04. The summed E-state index contributed by atoms with van der Waals surface area (Å²) >= 11 is 0. The number of esters is 1. The fraction of sp³-hybridized carbons (Fsp3) is 0.476. The molecule has 0 aromatic carbocycles. The lowest BCUT2D eigenvalue weighted by molar-refractivity contribution is -0.147. The van der Waals surface area contributed by atoms with Crippen molar-refractivity contribution in [3.63, 3.8) is 0 Å². The molecule has 3 rings (SSSR count). The van der Waals surface area contributed by atoms with E-state index in [2.05, 4.69) is 18.4 Å². The second-order valence-corrected chi connectivity index (χ2v) is 7.53. The topological polar surface area (TPSA) is 81.8 Å². The van der Waals surface area contributed by atoms with Crippen LogP contribution < -0.4 is 0 Å². The van der Waals surface area contributed by atoms with Crippen LogP contribution in [0.4, 0.5) is 0 Å². The third-order valence-electron chi connectivity index (χ3n) is 5.12. The summed E-state index contributed by atoms with van der Waals surface area (Å²) in [6, 6.07) is 5.61. The fourth-order valence-corrected chi connectivity index (χ4v) is 3.86. The SMILES string of the molecule is Cc1cc(C(=O)COC(=O)[C@@H]2CC(=O)N(Cc3ccco3)C2)c(C)n1C(C)C. The average molecular weight is 386 g/mol. The van der Waals surface area contributed by atoms with E-state index in [4.69, 9.17) is 9.15 Å². The molecule has 7 nitrogen and oxygen atoms in total. The van der Waals surface area contributed by atoms with E-state index in [0.29, 0.717) is 17.9 Å². The lowest BCUT2D eigenvalue weighted by Crippen LogP contribution is -2.27. The van der Waals surface area contributed by atoms with Crippen molar-refractivity contribution in [2.75, 3.05) is 13.2 Å². The lowest BCUT2D eigenvalue weighted by atomic mass is 10.1. The number of rotatable bonds is 7. The van der Waals surface area contributed by atoms with Gasteiger partial charge in [0.15, 0.2) is 6.61 Å². The van der Waals surface area contributed by atoms with E-state index >= 15 is 0 Å². The summed E-state index contributed by atoms with van der Waals surface area (Å²) in [7, 11) is 0. The molecule has 0 unspecified atom stereocenters. The number of ketones is 1. The van der Waals surface area contributed by atoms with Crippen LogP contribution in [0.5, 0.6) is 0 Å². The molecule has 28 heavy (non-hydrogen) atoms. The van der Waals surface area contributed by atoms with Gasteiger partial charge in [0.05, 0.1) is 18.7 Å². The zero-order chi connectivity index (χ0) is 20.4. The highest BCUT2D eigenvalue weighted by Crippen LogP contribution is 2.23. The van der Waals surface area contributed by atoms with Crippen molar-refractivity contribution < 1.29 is 23.5 Å². The summed E-state index contributed by atoms with van der Waals surface area (Å²) in [6.45, 7) is 8.24. The number of carbonyl (C=O) groups excluding carboxylic acids is 3. The van der Waals surface area contributed by atoms with Crippen LogP contribution >= 0.6 is 0 Å². The Bertz CT molecular complexity index is 879. The highest BCUT2D eigenvalue weighted by Gasteiger charge is 2.36. The molecular formula is C21H26N2O5. The average Bonchev–Trinajstić information content (AvgIpc) is 3.33. The molecule has 0 bridgehead atoms. The minimum atomic E-state index is -0.557. The number of likely N-dealkylation sites (tertiary alicyclic amines) is 1. The second-order valence-electron chi connectivity index (χ2n) is 7.53. The first kappa shape index (κ1) is 19.9. The van der Waals surface area contributed by atoms with E-state index in [-0.39, 0.29) is 37.3 Å². The molecule has 1 saturated heterocycles. The number of ether oxygens (including phenoxy) is 1. The number of amides is 1. The van der Waals surface area contributed by atoms with Crippen LogP contribution in [0.1, 0.15) is 53.8 Å². The Morgan fingerprint density at radius 1 is 1.32 bits per heavy atom. The van der Waals surface area contributed by atoms with Gasteiger partial charge in [-0.05, 0) is 45.9 Å². The highest BCUT2D eigenvalue weighted by molar-refractivity contribution is 5.99. The largest absolute Gasteiger partial charge is 0.467 e. The van der Waals surface area contributed by atoms with Crippen LogP contribution in [-0.4, -0.2) is 40.3 Å². The number of aromatic nitrogens is 1. The van der Waals surface area contributed by atoms with E-state index in [1.54, 1.807) is 23.3 Å². The maximum Gasteiger partial charge on any atom is 0.311 e. The summed E-state index contributed by atoms with van der Waals surface area (Å²) in [5.41, 5.74) is 2.44. The Morgan fingerprint density at radius 3 is 2.68 bits per heavy atom. The molecule has 1 aliphatic rings. The number of Topliss-reactive ketones (excluding diaryl/α,β-unsaturated/α-hetero) is 1. The minimum Gasteiger partial charge on any atom is -0.467 e. The van der Waals surface area contributed by atoms with Gasteiger partial charge in [0.2, 0.25) is 11.7 Å². The third-order valence-corrected chi connectivity index (χ3v) is 5.12. The number of aryl methyl sites for hydroxylation is 1. The molecule has 1 fully saturated rings. The Hall–Kier alpha value is -2.83. The van der Waals surface area contributed by atoms with Gasteiger partial charge >= 0.3 is 5.97 Å². The number of furan rings is 1. The Balaban J connectivity index is 1.56. The van der Waals surface area contributed by atoms with Gasteiger partial charge in [-0.3, -0.25) is 14.4 Å². The van der Waals surface area contributed by atoms with Crippen molar-refractivity contribution in [3.05, 3.63) is 47.2 Å². The van der Waals surface area contributed by atoms with E-state index in [1.165, 1.54) is 0 Å². The van der Waals surface area contributed by atoms with Crippen LogP contribution in [-0.2, 0) is 20.9 Å². The Labute approximate surface area is 164 Å². The quantitative estimate of drug-likeness (QED) is 0.540. The van der Waals surface area contributed by atoms with Gasteiger partial charge in [-0.25, -0.2) is 0 Å². The van der Waals surface area contributed by atoms with Gasteiger partial charge in [-0.1, -0.05) is 0 Å². The van der Waals surface area contributed by atoms with Gasteiger partial charge < -0.3 is 18.6 Å². The van der Waals surface area contributed by atoms with Gasteiger partial charge in [0, 0.05) is 36.0 Å². The first-order valence-electron chi connectivity index (χ1n) is 9.46. The third kappa shape index (κ3) is 4.03. The number of nitrogens with zero attached hydrogens (tertiary/aromatic N) is 2. The van der Waals surface area contributed by atoms with Gasteiger partial charge in [-0.2, -0.15) is 0 Å². The van der Waals surface area contributed by atoms with Crippen molar-refractivity contribution in [1.29, 1.82) is 0 Å². The molecule has 0 radical (unpaired) electrons. The first-order chi connectivity index (χ1) is 13.3. The van der Waals surface area contributed by atoms with Crippen molar-refractivity contribution in [3.8, 4) is 0 Å². The standard InChI is InChI=1S/C21H26N2O5/c1-13(2)23-14(3)8-18(15(23)4)19(24)12-28-21(26)16-9-20(25)22(10-16)11-17-6-5-7-27-17/h5-8,13,16H,9-12H2,1-4H3/t16-/m1/s1. The molecular weight excluding hydrogens is 360 g/mol. The van der Waals surface area contributed by atoms with Crippen LogP contribution in [0, 0.1) is 19.8 Å². The van der Waals surface area contributed by atoms with Crippen molar-refractivity contribution >= 4 is 17.7 Å². The Kier molecular flexibility index (Phi) is 5.72. The minimum absolute atomic E-state index is 0.0929. The number of carbonyl (C=O) groups is 3.